The molecule has 2 amide bonds. The van der Waals surface area contributed by atoms with Crippen molar-refractivity contribution in [2.75, 3.05) is 0 Å². The monoisotopic (exact) mass is 402 g/mol. The summed E-state index contributed by atoms with van der Waals surface area (Å²) in [7, 11) is 0. The Morgan fingerprint density at radius 1 is 1.00 bits per heavy atom. The van der Waals surface area contributed by atoms with Gasteiger partial charge in [0.15, 0.2) is 6.04 Å². The van der Waals surface area contributed by atoms with Crippen LogP contribution in [-0.2, 0) is 4.79 Å². The van der Waals surface area contributed by atoms with Crippen LogP contribution in [0.25, 0.3) is 0 Å². The van der Waals surface area contributed by atoms with Crippen LogP contribution in [0.4, 0.5) is 4.39 Å². The van der Waals surface area contributed by atoms with E-state index in [-0.39, 0.29) is 17.6 Å². The van der Waals surface area contributed by atoms with E-state index in [1.165, 1.54) is 12.1 Å². The first-order chi connectivity index (χ1) is 14.5. The Labute approximate surface area is 173 Å². The molecule has 0 radical (unpaired) electrons. The second kappa shape index (κ2) is 8.29. The van der Waals surface area contributed by atoms with E-state index >= 15 is 0 Å². The molecule has 2 N–H and O–H groups in total. The molecule has 0 bridgehead atoms. The van der Waals surface area contributed by atoms with Gasteiger partial charge in [0.1, 0.15) is 5.82 Å². The van der Waals surface area contributed by atoms with E-state index < -0.39 is 12.1 Å². The lowest BCUT2D eigenvalue weighted by molar-refractivity contribution is -0.596. The van der Waals surface area contributed by atoms with Gasteiger partial charge in [0.2, 0.25) is 12.3 Å². The third-order valence-corrected chi connectivity index (χ3v) is 5.04. The molecule has 6 heteroatoms. The molecule has 0 aliphatic carbocycles. The maximum Gasteiger partial charge on any atom is 0.304 e. The van der Waals surface area contributed by atoms with Crippen LogP contribution < -0.4 is 10.7 Å². The van der Waals surface area contributed by atoms with Crippen molar-refractivity contribution in [2.24, 2.45) is 0 Å². The van der Waals surface area contributed by atoms with Crippen molar-refractivity contribution >= 4 is 18.0 Å². The number of hydrogen-bond donors (Lipinski definition) is 2. The number of rotatable bonds is 4. The van der Waals surface area contributed by atoms with Crippen LogP contribution >= 0.6 is 0 Å². The third-order valence-electron chi connectivity index (χ3n) is 5.04. The SMILES string of the molecule is Cc1ccc(C(=O)N[C@@H]2C(=O)N/[N+](=C\c3ccc(F)cc3)[C@@H]2c2ccccc2)cc1. The predicted molar refractivity (Wildman–Crippen MR) is 112 cm³/mol. The fourth-order valence-corrected chi connectivity index (χ4v) is 3.47. The van der Waals surface area contributed by atoms with Gasteiger partial charge in [-0.15, -0.1) is 10.1 Å². The highest BCUT2D eigenvalue weighted by Gasteiger charge is 2.47. The summed E-state index contributed by atoms with van der Waals surface area (Å²) in [6, 6.07) is 21.4. The predicted octanol–water partition coefficient (Wildman–Crippen LogP) is 3.15. The van der Waals surface area contributed by atoms with E-state index in [9.17, 15) is 14.0 Å². The van der Waals surface area contributed by atoms with E-state index in [1.54, 1.807) is 35.2 Å². The van der Waals surface area contributed by atoms with Crippen molar-refractivity contribution < 1.29 is 18.7 Å². The highest BCUT2D eigenvalue weighted by atomic mass is 19.1. The van der Waals surface area contributed by atoms with E-state index in [1.807, 2.05) is 49.4 Å². The molecular weight excluding hydrogens is 381 g/mol. The highest BCUT2D eigenvalue weighted by Crippen LogP contribution is 2.25. The second-order valence-electron chi connectivity index (χ2n) is 7.24. The first-order valence-corrected chi connectivity index (χ1v) is 9.63. The van der Waals surface area contributed by atoms with Gasteiger partial charge in [-0.3, -0.25) is 9.59 Å². The molecule has 0 unspecified atom stereocenters. The smallest absolute Gasteiger partial charge is 0.304 e. The van der Waals surface area contributed by atoms with Gasteiger partial charge in [-0.05, 0) is 43.3 Å². The lowest BCUT2D eigenvalue weighted by Gasteiger charge is -2.14. The van der Waals surface area contributed by atoms with E-state index in [0.717, 1.165) is 16.7 Å². The number of amides is 2. The summed E-state index contributed by atoms with van der Waals surface area (Å²) in [6.45, 7) is 1.95. The van der Waals surface area contributed by atoms with Gasteiger partial charge in [0, 0.05) is 16.7 Å². The van der Waals surface area contributed by atoms with Crippen molar-refractivity contribution in [3.8, 4) is 0 Å². The van der Waals surface area contributed by atoms with Crippen molar-refractivity contribution in [3.63, 3.8) is 0 Å². The van der Waals surface area contributed by atoms with Crippen LogP contribution in [-0.4, -0.2) is 28.8 Å². The molecule has 150 valence electrons. The Morgan fingerprint density at radius 2 is 1.67 bits per heavy atom. The van der Waals surface area contributed by atoms with Crippen LogP contribution in [0, 0.1) is 12.7 Å². The number of aryl methyl sites for hydroxylation is 1. The molecule has 0 spiro atoms. The first-order valence-electron chi connectivity index (χ1n) is 9.63. The minimum absolute atomic E-state index is 0.317. The zero-order chi connectivity index (χ0) is 21.1. The molecule has 30 heavy (non-hydrogen) atoms. The molecule has 5 nitrogen and oxygen atoms in total. The van der Waals surface area contributed by atoms with Gasteiger partial charge in [-0.1, -0.05) is 48.0 Å². The molecule has 0 saturated carbocycles. The molecule has 1 saturated heterocycles. The molecule has 1 aliphatic heterocycles. The van der Waals surface area contributed by atoms with Gasteiger partial charge < -0.3 is 5.32 Å². The summed E-state index contributed by atoms with van der Waals surface area (Å²) in [5.74, 6) is -0.970. The Morgan fingerprint density at radius 3 is 2.33 bits per heavy atom. The fraction of sp³-hybridized carbons (Fsp3) is 0.125. The molecule has 1 aliphatic rings. The Hall–Kier alpha value is -3.80. The summed E-state index contributed by atoms with van der Waals surface area (Å²) >= 11 is 0. The largest absolute Gasteiger partial charge is 0.334 e. The lowest BCUT2D eigenvalue weighted by atomic mass is 9.99. The number of halogens is 1. The lowest BCUT2D eigenvalue weighted by Crippen LogP contribution is -2.42. The molecule has 0 aromatic heterocycles. The van der Waals surface area contributed by atoms with Crippen LogP contribution in [0.15, 0.2) is 78.9 Å². The maximum absolute atomic E-state index is 13.3. The van der Waals surface area contributed by atoms with Crippen LogP contribution in [0.3, 0.4) is 0 Å². The minimum Gasteiger partial charge on any atom is -0.334 e. The summed E-state index contributed by atoms with van der Waals surface area (Å²) in [6.07, 6.45) is 1.73. The molecule has 2 atom stereocenters. The first kappa shape index (κ1) is 19.5. The fourth-order valence-electron chi connectivity index (χ4n) is 3.47. The van der Waals surface area contributed by atoms with Crippen molar-refractivity contribution in [1.82, 2.24) is 10.7 Å². The third kappa shape index (κ3) is 4.12. The summed E-state index contributed by atoms with van der Waals surface area (Å²) in [5.41, 5.74) is 5.94. The molecular formula is C24H21FN3O2+. The van der Waals surface area contributed by atoms with Crippen molar-refractivity contribution in [1.29, 1.82) is 0 Å². The van der Waals surface area contributed by atoms with E-state index in [4.69, 9.17) is 0 Å². The number of hydrogen-bond acceptors (Lipinski definition) is 2. The van der Waals surface area contributed by atoms with Crippen LogP contribution in [0.1, 0.15) is 33.1 Å². The molecule has 1 fully saturated rings. The Bertz CT molecular complexity index is 1090. The average Bonchev–Trinajstić information content (AvgIpc) is 3.05. The summed E-state index contributed by atoms with van der Waals surface area (Å²) in [5, 5.41) is 2.87. The normalized spacial score (nSPS) is 19.5. The van der Waals surface area contributed by atoms with Crippen molar-refractivity contribution in [3.05, 3.63) is 107 Å². The maximum atomic E-state index is 13.3. The van der Waals surface area contributed by atoms with Gasteiger partial charge in [0.25, 0.3) is 5.91 Å². The number of hydrazone groups is 1. The van der Waals surface area contributed by atoms with Gasteiger partial charge in [-0.25, -0.2) is 4.39 Å². The molecule has 1 heterocycles. The summed E-state index contributed by atoms with van der Waals surface area (Å²) in [4.78, 5) is 25.6. The minimum atomic E-state index is -0.794. The zero-order valence-corrected chi connectivity index (χ0v) is 16.4. The zero-order valence-electron chi connectivity index (χ0n) is 16.4. The quantitative estimate of drug-likeness (QED) is 0.659. The number of hydrazine groups is 1. The van der Waals surface area contributed by atoms with Crippen LogP contribution in [0.5, 0.6) is 0 Å². The van der Waals surface area contributed by atoms with Crippen LogP contribution in [0.2, 0.25) is 0 Å². The topological polar surface area (TPSA) is 61.2 Å². The standard InChI is InChI=1S/C24H20FN3O2/c1-16-7-11-19(12-8-16)23(29)26-21-22(18-5-3-2-4-6-18)28(27-24(21)30)15-17-9-13-20(25)14-10-17/h2-15,21-22H,1H3,(H-,26,27,29,30)/p+1/b28-15-/t21-,22+/m0/s1. The van der Waals surface area contributed by atoms with Crippen molar-refractivity contribution in [2.45, 2.75) is 19.0 Å². The van der Waals surface area contributed by atoms with Gasteiger partial charge in [-0.2, -0.15) is 0 Å². The Balaban J connectivity index is 1.68. The number of benzene rings is 3. The molecule has 3 aromatic carbocycles. The number of nitrogens with one attached hydrogen (secondary N) is 2. The van der Waals surface area contributed by atoms with Gasteiger partial charge in [0.05, 0.1) is 0 Å². The van der Waals surface area contributed by atoms with E-state index in [2.05, 4.69) is 10.7 Å². The number of carbonyl (C=O) groups is 2. The summed E-state index contributed by atoms with van der Waals surface area (Å²) < 4.78 is 14.9. The van der Waals surface area contributed by atoms with Gasteiger partial charge >= 0.3 is 5.91 Å². The number of carbonyl (C=O) groups excluding carboxylic acids is 2. The van der Waals surface area contributed by atoms with E-state index in [0.29, 0.717) is 5.56 Å². The molecule has 3 aromatic rings. The second-order valence-corrected chi connectivity index (χ2v) is 7.24. The Kier molecular flexibility index (Phi) is 5.39. The average molecular weight is 402 g/mol. The number of nitrogens with zero attached hydrogens (tertiary/aromatic N) is 1. The molecule has 4 rings (SSSR count). The highest BCUT2D eigenvalue weighted by molar-refractivity contribution is 5.98.